The summed E-state index contributed by atoms with van der Waals surface area (Å²) in [5.41, 5.74) is -4.18. The average Bonchev–Trinajstić information content (AvgIpc) is 2.65. The van der Waals surface area contributed by atoms with Crippen molar-refractivity contribution in [3.63, 3.8) is 0 Å². The molecule has 0 aromatic rings. The summed E-state index contributed by atoms with van der Waals surface area (Å²) in [5, 5.41) is 0. The fourth-order valence-electron chi connectivity index (χ4n) is 2.60. The number of likely N-dealkylation sites (N-methyl/N-ethyl adjacent to an activating group) is 1. The van der Waals surface area contributed by atoms with Crippen LogP contribution in [0.2, 0.25) is 0 Å². The number of halogens is 2. The Balaban J connectivity index is 5.09. The van der Waals surface area contributed by atoms with Gasteiger partial charge in [-0.2, -0.15) is 8.78 Å². The molecule has 0 saturated heterocycles. The Morgan fingerprint density at radius 1 is 1.00 bits per heavy atom. The van der Waals surface area contributed by atoms with E-state index in [1.54, 1.807) is 21.1 Å². The van der Waals surface area contributed by atoms with Crippen LogP contribution in [0.5, 0.6) is 0 Å². The third kappa shape index (κ3) is 14.1. The van der Waals surface area contributed by atoms with E-state index in [0.29, 0.717) is 17.3 Å². The molecule has 0 aromatic heterocycles. The second-order valence-electron chi connectivity index (χ2n) is 8.95. The number of ether oxygens (including phenoxy) is 2. The highest BCUT2D eigenvalue weighted by molar-refractivity contribution is 7.54. The molecule has 190 valence electrons. The smallest absolute Gasteiger partial charge is 0.397 e. The number of carbonyl (C=O) groups is 2. The van der Waals surface area contributed by atoms with Crippen LogP contribution < -0.4 is 0 Å². The molecule has 32 heavy (non-hydrogen) atoms. The molecule has 0 radical (unpaired) electrons. The number of rotatable bonds is 18. The Morgan fingerprint density at radius 2 is 1.53 bits per heavy atom. The van der Waals surface area contributed by atoms with E-state index in [4.69, 9.17) is 9.47 Å². The van der Waals surface area contributed by atoms with Gasteiger partial charge in [-0.15, -0.1) is 0 Å². The van der Waals surface area contributed by atoms with Gasteiger partial charge in [-0.3, -0.25) is 18.7 Å². The van der Waals surface area contributed by atoms with Crippen LogP contribution in [0.3, 0.4) is 0 Å². The molecule has 11 heteroatoms. The zero-order valence-electron chi connectivity index (χ0n) is 20.1. The molecule has 0 aliphatic rings. The highest BCUT2D eigenvalue weighted by atomic mass is 31.2. The van der Waals surface area contributed by atoms with Crippen molar-refractivity contribution in [3.05, 3.63) is 0 Å². The zero-order chi connectivity index (χ0) is 24.8. The summed E-state index contributed by atoms with van der Waals surface area (Å²) in [6.07, 6.45) is 1.78. The predicted molar refractivity (Wildman–Crippen MR) is 117 cm³/mol. The van der Waals surface area contributed by atoms with E-state index in [-0.39, 0.29) is 26.0 Å². The Kier molecular flexibility index (Phi) is 14.4. The normalized spacial score (nSPS) is 15.1. The first-order chi connectivity index (χ1) is 14.7. The molecule has 1 unspecified atom stereocenters. The summed E-state index contributed by atoms with van der Waals surface area (Å²) >= 11 is 0. The van der Waals surface area contributed by atoms with Gasteiger partial charge in [0.1, 0.15) is 25.9 Å². The number of alkyl halides is 2. The molecule has 0 rings (SSSR count). The first-order valence-electron chi connectivity index (χ1n) is 11.2. The van der Waals surface area contributed by atoms with Crippen LogP contribution in [0.15, 0.2) is 0 Å². The topological polar surface area (TPSA) is 99.1 Å². The minimum absolute atomic E-state index is 0.0249. The molecule has 0 spiro atoms. The molecular weight excluding hydrogens is 447 g/mol. The molecule has 0 amide bonds. The highest BCUT2D eigenvalue weighted by Crippen LogP contribution is 2.59. The summed E-state index contributed by atoms with van der Waals surface area (Å²) in [7, 11) is 0.00415. The number of hydrogen-bond donors (Lipinski definition) is 1. The molecule has 8 nitrogen and oxygen atoms in total. The van der Waals surface area contributed by atoms with Gasteiger partial charge >= 0.3 is 25.2 Å². The maximum atomic E-state index is 14.6. The van der Waals surface area contributed by atoms with Gasteiger partial charge in [0.05, 0.1) is 27.6 Å². The van der Waals surface area contributed by atoms with Crippen LogP contribution >= 0.6 is 7.60 Å². The third-order valence-corrected chi connectivity index (χ3v) is 6.15. The molecule has 0 heterocycles. The molecule has 0 aromatic carbocycles. The Bertz CT molecular complexity index is 611. The van der Waals surface area contributed by atoms with Crippen molar-refractivity contribution in [1.29, 1.82) is 0 Å². The Morgan fingerprint density at radius 3 is 2.03 bits per heavy atom. The fourth-order valence-corrected chi connectivity index (χ4v) is 3.55. The largest absolute Gasteiger partial charge is 0.462 e. The van der Waals surface area contributed by atoms with Crippen molar-refractivity contribution in [1.82, 2.24) is 0 Å². The SMILES string of the molecule is CCCCCC(=O)OC[C@H](CC(F)(F)P(=O)(O)OCC[N+](C)(C)C)OC(=O)CCCCC. The molecular formula is C21H41F2NO7P+. The van der Waals surface area contributed by atoms with Gasteiger partial charge in [0.15, 0.2) is 0 Å². The first kappa shape index (κ1) is 30.9. The van der Waals surface area contributed by atoms with Crippen molar-refractivity contribution in [3.8, 4) is 0 Å². The van der Waals surface area contributed by atoms with Crippen LogP contribution in [0, 0.1) is 0 Å². The summed E-state index contributed by atoms with van der Waals surface area (Å²) in [6.45, 7) is 3.20. The number of unbranched alkanes of at least 4 members (excludes halogenated alkanes) is 4. The molecule has 2 atom stereocenters. The van der Waals surface area contributed by atoms with Crippen LogP contribution in [-0.4, -0.2) is 74.0 Å². The van der Waals surface area contributed by atoms with E-state index in [9.17, 15) is 27.8 Å². The number of esters is 2. The van der Waals surface area contributed by atoms with E-state index in [1.165, 1.54) is 0 Å². The van der Waals surface area contributed by atoms with Crippen molar-refractivity contribution in [2.45, 2.75) is 83.4 Å². The standard InChI is InChI=1S/C21H40F2NO7P/c1-6-8-10-12-19(25)29-17-18(31-20(26)13-11-9-7-2)16-21(22,23)32(27,28)30-15-14-24(3,4)5/h18H,6-17H2,1-5H3/p+1/t18-/m0/s1. The number of nitrogens with zero attached hydrogens (tertiary/aromatic N) is 1. The molecule has 0 aliphatic heterocycles. The van der Waals surface area contributed by atoms with E-state index in [0.717, 1.165) is 25.7 Å². The van der Waals surface area contributed by atoms with Crippen molar-refractivity contribution >= 4 is 19.5 Å². The number of hydrogen-bond acceptors (Lipinski definition) is 6. The van der Waals surface area contributed by atoms with Crippen LogP contribution in [0.25, 0.3) is 0 Å². The lowest BCUT2D eigenvalue weighted by Crippen LogP contribution is -2.38. The first-order valence-corrected chi connectivity index (χ1v) is 12.8. The van der Waals surface area contributed by atoms with Gasteiger partial charge in [0.2, 0.25) is 0 Å². The minimum Gasteiger partial charge on any atom is -0.462 e. The van der Waals surface area contributed by atoms with Crippen molar-refractivity contribution in [2.24, 2.45) is 0 Å². The molecule has 0 fully saturated rings. The molecule has 0 bridgehead atoms. The van der Waals surface area contributed by atoms with Gasteiger partial charge in [-0.05, 0) is 12.8 Å². The quantitative estimate of drug-likeness (QED) is 0.131. The van der Waals surface area contributed by atoms with E-state index >= 15 is 0 Å². The second kappa shape index (κ2) is 14.9. The van der Waals surface area contributed by atoms with Crippen LogP contribution in [-0.2, 0) is 28.2 Å². The number of quaternary nitrogens is 1. The third-order valence-electron chi connectivity index (χ3n) is 4.61. The lowest BCUT2D eigenvalue weighted by molar-refractivity contribution is -0.870. The Labute approximate surface area is 190 Å². The highest BCUT2D eigenvalue weighted by Gasteiger charge is 2.53. The maximum Gasteiger partial charge on any atom is 0.397 e. The summed E-state index contributed by atoms with van der Waals surface area (Å²) < 4.78 is 56.5. The van der Waals surface area contributed by atoms with E-state index < -0.39 is 44.3 Å². The molecule has 1 N–H and O–H groups in total. The fraction of sp³-hybridized carbons (Fsp3) is 0.905. The van der Waals surface area contributed by atoms with Gasteiger partial charge < -0.3 is 18.9 Å². The molecule has 0 saturated carbocycles. The van der Waals surface area contributed by atoms with Gasteiger partial charge in [-0.25, -0.2) is 0 Å². The van der Waals surface area contributed by atoms with Crippen molar-refractivity contribution < 1.29 is 46.3 Å². The van der Waals surface area contributed by atoms with Gasteiger partial charge in [0, 0.05) is 12.8 Å². The summed E-state index contributed by atoms with van der Waals surface area (Å²) in [5.74, 6) is -1.32. The number of carbonyl (C=O) groups excluding carboxylic acids is 2. The van der Waals surface area contributed by atoms with Gasteiger partial charge in [0.25, 0.3) is 0 Å². The second-order valence-corrected chi connectivity index (χ2v) is 10.9. The Hall–Kier alpha value is -1.09. The maximum absolute atomic E-state index is 14.6. The van der Waals surface area contributed by atoms with E-state index in [1.807, 2.05) is 13.8 Å². The lowest BCUT2D eigenvalue weighted by Gasteiger charge is -2.28. The molecule has 0 aliphatic carbocycles. The minimum atomic E-state index is -5.35. The lowest BCUT2D eigenvalue weighted by atomic mass is 10.2. The van der Waals surface area contributed by atoms with Gasteiger partial charge in [-0.1, -0.05) is 39.5 Å². The van der Waals surface area contributed by atoms with Crippen LogP contribution in [0.4, 0.5) is 8.78 Å². The van der Waals surface area contributed by atoms with E-state index in [2.05, 4.69) is 4.52 Å². The summed E-state index contributed by atoms with van der Waals surface area (Å²) in [6, 6.07) is 0. The monoisotopic (exact) mass is 488 g/mol. The predicted octanol–water partition coefficient (Wildman–Crippen LogP) is 4.49. The van der Waals surface area contributed by atoms with Crippen LogP contribution in [0.1, 0.15) is 71.6 Å². The van der Waals surface area contributed by atoms with Crippen molar-refractivity contribution in [2.75, 3.05) is 40.9 Å². The zero-order valence-corrected chi connectivity index (χ0v) is 21.0. The average molecular weight is 489 g/mol. The summed E-state index contributed by atoms with van der Waals surface area (Å²) in [4.78, 5) is 33.7.